The zero-order chi connectivity index (χ0) is 20.9. The van der Waals surface area contributed by atoms with Gasteiger partial charge >= 0.3 is 0 Å². The molecule has 0 N–H and O–H groups in total. The minimum atomic E-state index is -1.39. The highest BCUT2D eigenvalue weighted by molar-refractivity contribution is 7.91. The Labute approximate surface area is 169 Å². The fraction of sp³-hybridized carbons (Fsp3) is 0.571. The van der Waals surface area contributed by atoms with E-state index in [-0.39, 0.29) is 11.0 Å². The normalized spacial score (nSPS) is 22.1. The Morgan fingerprint density at radius 1 is 1.39 bits per heavy atom. The number of rotatable bonds is 3. The van der Waals surface area contributed by atoms with E-state index in [9.17, 15) is 9.35 Å². The van der Waals surface area contributed by atoms with E-state index in [0.717, 1.165) is 23.4 Å². The fourth-order valence-corrected chi connectivity index (χ4v) is 4.11. The maximum absolute atomic E-state index is 13.1. The molecule has 1 aromatic carbocycles. The lowest BCUT2D eigenvalue weighted by molar-refractivity contribution is 0.178. The number of hydrogen-bond donors (Lipinski definition) is 0. The van der Waals surface area contributed by atoms with Crippen molar-refractivity contribution in [3.63, 3.8) is 0 Å². The van der Waals surface area contributed by atoms with Crippen molar-refractivity contribution in [2.24, 2.45) is 11.4 Å². The van der Waals surface area contributed by atoms with Crippen molar-refractivity contribution in [1.82, 2.24) is 9.55 Å². The molecule has 1 saturated heterocycles. The molecule has 0 spiro atoms. The first kappa shape index (κ1) is 21.0. The number of hydrogen-bond acceptors (Lipinski definition) is 5. The van der Waals surface area contributed by atoms with Crippen LogP contribution in [0.5, 0.6) is 0 Å². The summed E-state index contributed by atoms with van der Waals surface area (Å²) in [5, 5.41) is 0.555. The summed E-state index contributed by atoms with van der Waals surface area (Å²) >= 11 is -1.39. The molecule has 2 atom stereocenters. The average molecular weight is 404 g/mol. The van der Waals surface area contributed by atoms with Crippen LogP contribution in [0.25, 0.3) is 10.9 Å². The Hall–Kier alpha value is -1.70. The van der Waals surface area contributed by atoms with Crippen LogP contribution in [0.3, 0.4) is 0 Å². The molecule has 2 aromatic rings. The molecule has 0 aliphatic carbocycles. The van der Waals surface area contributed by atoms with Crippen LogP contribution in [-0.4, -0.2) is 37.8 Å². The molecule has 152 valence electrons. The predicted octanol–water partition coefficient (Wildman–Crippen LogP) is 3.19. The largest absolute Gasteiger partial charge is 0.591 e. The molecule has 1 aliphatic heterocycles. The molecule has 0 saturated carbocycles. The molecular formula is C21H29N3O3S. The van der Waals surface area contributed by atoms with Crippen LogP contribution in [0.2, 0.25) is 0 Å². The van der Waals surface area contributed by atoms with E-state index in [0.29, 0.717) is 29.8 Å². The maximum atomic E-state index is 13.1. The first-order chi connectivity index (χ1) is 12.9. The van der Waals surface area contributed by atoms with Gasteiger partial charge in [0.05, 0.1) is 28.6 Å². The monoisotopic (exact) mass is 403 g/mol. The molecular weight excluding hydrogens is 374 g/mol. The van der Waals surface area contributed by atoms with Gasteiger partial charge in [0.2, 0.25) is 0 Å². The zero-order valence-corrected chi connectivity index (χ0v) is 18.6. The van der Waals surface area contributed by atoms with Crippen molar-refractivity contribution >= 4 is 28.0 Å². The van der Waals surface area contributed by atoms with E-state index in [4.69, 9.17) is 9.72 Å². The third-order valence-electron chi connectivity index (χ3n) is 5.22. The minimum Gasteiger partial charge on any atom is -0.591 e. The topological polar surface area (TPSA) is 79.5 Å². The quantitative estimate of drug-likeness (QED) is 0.582. The van der Waals surface area contributed by atoms with E-state index in [1.54, 1.807) is 11.6 Å². The van der Waals surface area contributed by atoms with Gasteiger partial charge in [-0.3, -0.25) is 9.36 Å². The molecule has 6 nitrogen and oxygen atoms in total. The summed E-state index contributed by atoms with van der Waals surface area (Å²) in [6.07, 6.45) is 0.821. The molecule has 0 amide bonds. The van der Waals surface area contributed by atoms with Gasteiger partial charge in [-0.1, -0.05) is 11.3 Å². The Morgan fingerprint density at radius 2 is 2.07 bits per heavy atom. The van der Waals surface area contributed by atoms with E-state index >= 15 is 0 Å². The van der Waals surface area contributed by atoms with Crippen molar-refractivity contribution < 1.29 is 9.29 Å². The van der Waals surface area contributed by atoms with Gasteiger partial charge in [-0.2, -0.15) is 0 Å². The second-order valence-electron chi connectivity index (χ2n) is 8.91. The zero-order valence-electron chi connectivity index (χ0n) is 17.8. The predicted molar refractivity (Wildman–Crippen MR) is 115 cm³/mol. The lowest BCUT2D eigenvalue weighted by atomic mass is 9.88. The summed E-state index contributed by atoms with van der Waals surface area (Å²) in [6, 6.07) is 3.82. The van der Waals surface area contributed by atoms with Gasteiger partial charge in [-0.15, -0.1) is 0 Å². The fourth-order valence-electron chi connectivity index (χ4n) is 3.49. The molecule has 3 rings (SSSR count). The Balaban J connectivity index is 2.28. The number of ether oxygens (including phenoxy) is 1. The summed E-state index contributed by atoms with van der Waals surface area (Å²) in [6.45, 7) is 12.7. The van der Waals surface area contributed by atoms with Gasteiger partial charge in [0, 0.05) is 19.2 Å². The third-order valence-corrected chi connectivity index (χ3v) is 6.70. The number of fused-ring (bicyclic) bond motifs is 1. The summed E-state index contributed by atoms with van der Waals surface area (Å²) in [5.74, 6) is 0.720. The Bertz CT molecular complexity index is 999. The molecule has 1 aliphatic rings. The number of benzene rings is 1. The molecule has 7 heteroatoms. The highest BCUT2D eigenvalue weighted by Crippen LogP contribution is 2.32. The lowest BCUT2D eigenvalue weighted by Gasteiger charge is -2.24. The third kappa shape index (κ3) is 3.75. The summed E-state index contributed by atoms with van der Waals surface area (Å²) in [7, 11) is 1.77. The van der Waals surface area contributed by atoms with Gasteiger partial charge in [0.1, 0.15) is 21.9 Å². The molecule has 1 fully saturated rings. The highest BCUT2D eigenvalue weighted by atomic mass is 32.2. The van der Waals surface area contributed by atoms with Gasteiger partial charge in [0.25, 0.3) is 5.56 Å². The van der Waals surface area contributed by atoms with Crippen molar-refractivity contribution in [2.45, 2.75) is 58.1 Å². The SMILES string of the molecule is C/C(=N/[S@+]([O-])C(C)(C)C)c1cc(C)cc2c(=O)n(C)c([C@@]3(C)CCOC3)nc12. The molecule has 0 bridgehead atoms. The van der Waals surface area contributed by atoms with Crippen LogP contribution in [0, 0.1) is 6.92 Å². The van der Waals surface area contributed by atoms with E-state index in [1.807, 2.05) is 46.8 Å². The van der Waals surface area contributed by atoms with Crippen LogP contribution in [0.1, 0.15) is 58.0 Å². The van der Waals surface area contributed by atoms with Crippen molar-refractivity contribution in [2.75, 3.05) is 13.2 Å². The van der Waals surface area contributed by atoms with E-state index in [2.05, 4.69) is 11.3 Å². The molecule has 2 heterocycles. The average Bonchev–Trinajstić information content (AvgIpc) is 3.04. The first-order valence-electron chi connectivity index (χ1n) is 9.51. The van der Waals surface area contributed by atoms with Crippen molar-refractivity contribution in [3.05, 3.63) is 39.4 Å². The van der Waals surface area contributed by atoms with Crippen LogP contribution in [-0.2, 0) is 28.6 Å². The van der Waals surface area contributed by atoms with Gasteiger partial charge in [-0.05, 0) is 58.7 Å². The Kier molecular flexibility index (Phi) is 5.47. The molecule has 28 heavy (non-hydrogen) atoms. The van der Waals surface area contributed by atoms with E-state index < -0.39 is 16.1 Å². The van der Waals surface area contributed by atoms with Gasteiger partial charge in [0.15, 0.2) is 0 Å². The summed E-state index contributed by atoms with van der Waals surface area (Å²) in [5.41, 5.74) is 2.56. The van der Waals surface area contributed by atoms with Crippen molar-refractivity contribution in [1.29, 1.82) is 0 Å². The standard InChI is InChI=1S/C21H29N3O3S/c1-13-10-15(14(2)23-28(26)20(3,4)5)17-16(11-13)18(25)24(7)19(22-17)21(6)8-9-27-12-21/h10-11H,8-9,12H2,1-7H3/b23-14-/t21-,28+/m0/s1. The van der Waals surface area contributed by atoms with Crippen LogP contribution < -0.4 is 5.56 Å². The Morgan fingerprint density at radius 3 is 2.64 bits per heavy atom. The first-order valence-corrected chi connectivity index (χ1v) is 10.6. The summed E-state index contributed by atoms with van der Waals surface area (Å²) in [4.78, 5) is 18.1. The van der Waals surface area contributed by atoms with Gasteiger partial charge < -0.3 is 9.29 Å². The maximum Gasteiger partial charge on any atom is 0.261 e. The molecule has 1 aromatic heterocycles. The van der Waals surface area contributed by atoms with Crippen LogP contribution >= 0.6 is 0 Å². The smallest absolute Gasteiger partial charge is 0.261 e. The second kappa shape index (κ2) is 7.28. The number of aryl methyl sites for hydroxylation is 1. The van der Waals surface area contributed by atoms with Crippen LogP contribution in [0.4, 0.5) is 0 Å². The summed E-state index contributed by atoms with van der Waals surface area (Å²) < 4.78 is 23.7. The number of aromatic nitrogens is 2. The highest BCUT2D eigenvalue weighted by Gasteiger charge is 2.36. The molecule has 0 unspecified atom stereocenters. The van der Waals surface area contributed by atoms with E-state index in [1.165, 1.54) is 0 Å². The van der Waals surface area contributed by atoms with Gasteiger partial charge in [-0.25, -0.2) is 4.98 Å². The second-order valence-corrected chi connectivity index (χ2v) is 10.8. The molecule has 0 radical (unpaired) electrons. The van der Waals surface area contributed by atoms with Crippen molar-refractivity contribution in [3.8, 4) is 0 Å². The van der Waals surface area contributed by atoms with Crippen LogP contribution in [0.15, 0.2) is 21.3 Å². The lowest BCUT2D eigenvalue weighted by Crippen LogP contribution is -2.34. The minimum absolute atomic E-state index is 0.0807. The number of nitrogens with zero attached hydrogens (tertiary/aromatic N) is 3.